The molecule has 15 rings (SSSR count). The molecule has 1 spiro atoms. The highest BCUT2D eigenvalue weighted by atomic mass is 15.2. The Balaban J connectivity index is 0.900. The quantitative estimate of drug-likeness (QED) is 0.135. The van der Waals surface area contributed by atoms with Gasteiger partial charge in [-0.2, -0.15) is 0 Å². The Hall–Kier alpha value is -8.98. The van der Waals surface area contributed by atoms with E-state index in [1.165, 1.54) is 125 Å². The lowest BCUT2D eigenvalue weighted by Crippen LogP contribution is -2.34. The molecule has 78 heavy (non-hydrogen) atoms. The van der Waals surface area contributed by atoms with E-state index in [4.69, 9.17) is 0 Å². The van der Waals surface area contributed by atoms with Gasteiger partial charge in [-0.05, 0) is 187 Å². The minimum atomic E-state index is -0.194. The highest BCUT2D eigenvalue weighted by Crippen LogP contribution is 2.69. The van der Waals surface area contributed by atoms with Gasteiger partial charge in [-0.15, -0.1) is 0 Å². The van der Waals surface area contributed by atoms with E-state index in [9.17, 15) is 0 Å². The summed E-state index contributed by atoms with van der Waals surface area (Å²) in [6.45, 7) is 4.84. The second kappa shape index (κ2) is 18.4. The maximum Gasteiger partial charge on any atom is 0.0505 e. The Bertz CT molecular complexity index is 3990. The Morgan fingerprint density at radius 3 is 1.23 bits per heavy atom. The first-order chi connectivity index (χ1) is 38.5. The van der Waals surface area contributed by atoms with Gasteiger partial charge in [0.15, 0.2) is 0 Å². The summed E-state index contributed by atoms with van der Waals surface area (Å²) in [5, 5.41) is 0. The van der Waals surface area contributed by atoms with Crippen LogP contribution in [0.2, 0.25) is 0 Å². The molecule has 1 fully saturated rings. The van der Waals surface area contributed by atoms with Crippen LogP contribution < -0.4 is 9.80 Å². The summed E-state index contributed by atoms with van der Waals surface area (Å²) < 4.78 is 0. The number of rotatable bonds is 10. The van der Waals surface area contributed by atoms with E-state index in [1.54, 1.807) is 0 Å². The van der Waals surface area contributed by atoms with Crippen LogP contribution in [0.25, 0.3) is 55.6 Å². The molecular formula is C76H60N2. The molecule has 0 N–H and O–H groups in total. The Morgan fingerprint density at radius 2 is 0.731 bits per heavy atom. The van der Waals surface area contributed by atoms with E-state index in [0.717, 1.165) is 24.2 Å². The predicted octanol–water partition coefficient (Wildman–Crippen LogP) is 20.0. The standard InChI is InChI=1S/C76H60N2/c1-75(2)67-37-21-36-65(53-26-12-5-13-27-53)72(67)66-47-46-62(50-68(66)75)78(60-32-16-7-17-33-60)70-39-19-29-56-49-58-43-42-57-48-55-28-18-38-69(73(55)76(57,58)74(56)70)77(59-30-14-6-15-31-59)61-44-40-54(41-45-61)71-63(51-22-8-3-9-23-51)34-20-35-64(71)52-24-10-4-11-25-52/h3-41,44-47,50,57-58H,42-43,48-49H2,1-2H3. The van der Waals surface area contributed by atoms with Gasteiger partial charge in [0, 0.05) is 33.6 Å². The number of hydrogen-bond donors (Lipinski definition) is 0. The molecule has 0 radical (unpaired) electrons. The van der Waals surface area contributed by atoms with Crippen molar-refractivity contribution < 1.29 is 0 Å². The summed E-state index contributed by atoms with van der Waals surface area (Å²) in [5.74, 6) is 0.962. The summed E-state index contributed by atoms with van der Waals surface area (Å²) >= 11 is 0. The molecular weight excluding hydrogens is 941 g/mol. The largest absolute Gasteiger partial charge is 0.310 e. The predicted molar refractivity (Wildman–Crippen MR) is 326 cm³/mol. The fraction of sp³-hybridized carbons (Fsp3) is 0.132. The van der Waals surface area contributed by atoms with E-state index in [2.05, 4.69) is 291 Å². The van der Waals surface area contributed by atoms with Crippen LogP contribution in [0, 0.1) is 11.8 Å². The average Bonchev–Trinajstić information content (AvgIpc) is 3.94. The van der Waals surface area contributed by atoms with Gasteiger partial charge >= 0.3 is 0 Å². The molecule has 4 aliphatic carbocycles. The molecule has 0 amide bonds. The van der Waals surface area contributed by atoms with Crippen LogP contribution in [0.15, 0.2) is 267 Å². The molecule has 0 saturated heterocycles. The van der Waals surface area contributed by atoms with E-state index in [-0.39, 0.29) is 10.8 Å². The fourth-order valence-electron chi connectivity index (χ4n) is 15.2. The van der Waals surface area contributed by atoms with Crippen molar-refractivity contribution in [3.05, 3.63) is 300 Å². The molecule has 0 aromatic heterocycles. The van der Waals surface area contributed by atoms with E-state index >= 15 is 0 Å². The van der Waals surface area contributed by atoms with Gasteiger partial charge in [0.1, 0.15) is 0 Å². The van der Waals surface area contributed by atoms with Crippen LogP contribution in [0.1, 0.15) is 60.1 Å². The van der Waals surface area contributed by atoms with Crippen LogP contribution in [-0.2, 0) is 23.7 Å². The molecule has 374 valence electrons. The highest BCUT2D eigenvalue weighted by molar-refractivity contribution is 5.97. The number of anilines is 6. The fourth-order valence-corrected chi connectivity index (χ4v) is 15.2. The zero-order valence-corrected chi connectivity index (χ0v) is 44.3. The summed E-state index contributed by atoms with van der Waals surface area (Å²) in [4.78, 5) is 5.20. The van der Waals surface area contributed by atoms with Crippen LogP contribution in [0.3, 0.4) is 0 Å². The van der Waals surface area contributed by atoms with Gasteiger partial charge in [0.25, 0.3) is 0 Å². The lowest BCUT2D eigenvalue weighted by atomic mass is 9.68. The van der Waals surface area contributed by atoms with Crippen molar-refractivity contribution >= 4 is 34.1 Å². The van der Waals surface area contributed by atoms with E-state index < -0.39 is 0 Å². The first-order valence-corrected chi connectivity index (χ1v) is 28.1. The molecule has 11 aromatic rings. The Morgan fingerprint density at radius 1 is 0.321 bits per heavy atom. The first-order valence-electron chi connectivity index (χ1n) is 28.1. The molecule has 1 saturated carbocycles. The van der Waals surface area contributed by atoms with Crippen molar-refractivity contribution in [2.75, 3.05) is 9.80 Å². The third kappa shape index (κ3) is 7.09. The van der Waals surface area contributed by atoms with Crippen molar-refractivity contribution in [2.45, 2.75) is 50.4 Å². The summed E-state index contributed by atoms with van der Waals surface area (Å²) in [7, 11) is 0. The summed E-state index contributed by atoms with van der Waals surface area (Å²) in [6.07, 6.45) is 4.60. The van der Waals surface area contributed by atoms with Gasteiger partial charge in [-0.25, -0.2) is 0 Å². The summed E-state index contributed by atoms with van der Waals surface area (Å²) in [6, 6.07) is 100.0. The van der Waals surface area contributed by atoms with Crippen molar-refractivity contribution in [2.24, 2.45) is 11.8 Å². The molecule has 2 nitrogen and oxygen atoms in total. The summed E-state index contributed by atoms with van der Waals surface area (Å²) in [5.41, 5.74) is 28.3. The monoisotopic (exact) mass is 1000 g/mol. The number of para-hydroxylation sites is 2. The lowest BCUT2D eigenvalue weighted by molar-refractivity contribution is 0.350. The van der Waals surface area contributed by atoms with E-state index in [1.807, 2.05) is 0 Å². The number of fused-ring (bicyclic) bond motifs is 5. The zero-order chi connectivity index (χ0) is 52.0. The highest BCUT2D eigenvalue weighted by Gasteiger charge is 2.62. The van der Waals surface area contributed by atoms with Gasteiger partial charge in [-0.1, -0.05) is 220 Å². The van der Waals surface area contributed by atoms with Gasteiger partial charge in [-0.3, -0.25) is 0 Å². The third-order valence-electron chi connectivity index (χ3n) is 18.4. The second-order valence-corrected chi connectivity index (χ2v) is 22.7. The number of hydrogen-bond acceptors (Lipinski definition) is 2. The van der Waals surface area contributed by atoms with Crippen molar-refractivity contribution in [3.8, 4) is 55.6 Å². The molecule has 2 heteroatoms. The minimum Gasteiger partial charge on any atom is -0.310 e. The second-order valence-electron chi connectivity index (χ2n) is 22.7. The minimum absolute atomic E-state index is 0.187. The Kier molecular flexibility index (Phi) is 10.9. The molecule has 3 atom stereocenters. The van der Waals surface area contributed by atoms with Crippen molar-refractivity contribution in [1.82, 2.24) is 0 Å². The van der Waals surface area contributed by atoms with Crippen LogP contribution in [0.4, 0.5) is 34.1 Å². The molecule has 11 aromatic carbocycles. The van der Waals surface area contributed by atoms with Gasteiger partial charge in [0.05, 0.1) is 11.4 Å². The average molecular weight is 1000 g/mol. The molecule has 4 aliphatic rings. The molecule has 0 bridgehead atoms. The molecule has 0 aliphatic heterocycles. The van der Waals surface area contributed by atoms with Crippen LogP contribution in [-0.4, -0.2) is 0 Å². The van der Waals surface area contributed by atoms with Crippen LogP contribution in [0.5, 0.6) is 0 Å². The molecule has 3 unspecified atom stereocenters. The Labute approximate surface area is 459 Å². The lowest BCUT2D eigenvalue weighted by Gasteiger charge is -2.40. The zero-order valence-electron chi connectivity index (χ0n) is 44.3. The van der Waals surface area contributed by atoms with Gasteiger partial charge in [0.2, 0.25) is 0 Å². The normalized spacial score (nSPS) is 17.8. The van der Waals surface area contributed by atoms with Gasteiger partial charge < -0.3 is 9.80 Å². The SMILES string of the molecule is CC1(C)c2cc(N(c3ccccc3)c3cccc4c3C35c6c(cccc6N(c6ccccc6)c6ccc(-c7c(-c8ccccc8)cccc7-c7ccccc7)cc6)CC3CCC5C4)ccc2-c2c(-c3ccccc3)cccc21. The smallest absolute Gasteiger partial charge is 0.0505 e. The van der Waals surface area contributed by atoms with Crippen molar-refractivity contribution in [3.63, 3.8) is 0 Å². The topological polar surface area (TPSA) is 6.48 Å². The van der Waals surface area contributed by atoms with Crippen molar-refractivity contribution in [1.29, 1.82) is 0 Å². The first kappa shape index (κ1) is 46.3. The third-order valence-corrected chi connectivity index (χ3v) is 18.4. The maximum absolute atomic E-state index is 2.62. The van der Waals surface area contributed by atoms with Crippen LogP contribution >= 0.6 is 0 Å². The number of nitrogens with zero attached hydrogens (tertiary/aromatic N) is 2. The maximum atomic E-state index is 2.62. The molecule has 0 heterocycles. The van der Waals surface area contributed by atoms with E-state index in [0.29, 0.717) is 11.8 Å². The number of benzene rings is 11.